The van der Waals surface area contributed by atoms with Crippen molar-refractivity contribution >= 4 is 5.78 Å². The van der Waals surface area contributed by atoms with Gasteiger partial charge in [-0.25, -0.2) is 0 Å². The fraction of sp³-hybridized carbons (Fsp3) is 0.100. The molecule has 0 aliphatic carbocycles. The van der Waals surface area contributed by atoms with Crippen molar-refractivity contribution in [3.63, 3.8) is 0 Å². The number of rotatable bonds is 5. The van der Waals surface area contributed by atoms with E-state index >= 15 is 0 Å². The first-order chi connectivity index (χ1) is 11.2. The summed E-state index contributed by atoms with van der Waals surface area (Å²) >= 11 is 0. The highest BCUT2D eigenvalue weighted by Crippen LogP contribution is 2.24. The first-order valence-corrected chi connectivity index (χ1v) is 7.45. The number of benzene rings is 2. The second-order valence-electron chi connectivity index (χ2n) is 5.32. The quantitative estimate of drug-likeness (QED) is 0.650. The van der Waals surface area contributed by atoms with E-state index < -0.39 is 0 Å². The summed E-state index contributed by atoms with van der Waals surface area (Å²) in [6.45, 7) is 2.07. The van der Waals surface area contributed by atoms with Gasteiger partial charge in [-0.1, -0.05) is 42.5 Å². The molecule has 0 amide bonds. The van der Waals surface area contributed by atoms with Crippen molar-refractivity contribution in [3.05, 3.63) is 84.2 Å². The number of ether oxygens (including phenoxy) is 1. The van der Waals surface area contributed by atoms with Gasteiger partial charge in [0.25, 0.3) is 0 Å². The first kappa shape index (κ1) is 15.0. The molecular weight excluding hydrogens is 286 g/mol. The monoisotopic (exact) mass is 303 g/mol. The third kappa shape index (κ3) is 3.83. The second-order valence-corrected chi connectivity index (χ2v) is 5.32. The molecule has 114 valence electrons. The minimum Gasteiger partial charge on any atom is -0.489 e. The summed E-state index contributed by atoms with van der Waals surface area (Å²) in [6.07, 6.45) is 3.34. The molecule has 0 bridgehead atoms. The van der Waals surface area contributed by atoms with Crippen molar-refractivity contribution in [2.45, 2.75) is 13.5 Å². The van der Waals surface area contributed by atoms with E-state index in [1.54, 1.807) is 19.3 Å². The minimum absolute atomic E-state index is 0.0100. The van der Waals surface area contributed by atoms with Crippen LogP contribution < -0.4 is 4.74 Å². The number of carbonyl (C=O) groups excluding carboxylic acids is 1. The van der Waals surface area contributed by atoms with Crippen LogP contribution in [0.2, 0.25) is 0 Å². The third-order valence-corrected chi connectivity index (χ3v) is 3.56. The van der Waals surface area contributed by atoms with Crippen molar-refractivity contribution in [3.8, 4) is 16.9 Å². The Bertz CT molecular complexity index is 813. The maximum atomic E-state index is 11.5. The molecule has 0 atom stereocenters. The number of carbonyl (C=O) groups is 1. The van der Waals surface area contributed by atoms with Crippen LogP contribution in [0.5, 0.6) is 5.75 Å². The molecule has 3 aromatic rings. The molecule has 0 unspecified atom stereocenters. The number of pyridine rings is 1. The smallest absolute Gasteiger partial charge is 0.161 e. The van der Waals surface area contributed by atoms with E-state index in [2.05, 4.69) is 4.98 Å². The van der Waals surface area contributed by atoms with Gasteiger partial charge in [0.05, 0.1) is 0 Å². The Kier molecular flexibility index (Phi) is 4.48. The van der Waals surface area contributed by atoms with E-state index in [0.717, 1.165) is 22.4 Å². The molecule has 0 radical (unpaired) electrons. The average Bonchev–Trinajstić information content (AvgIpc) is 2.61. The number of Topliss-reactive ketones (excluding diaryl/α,β-unsaturated/α-hetero) is 1. The summed E-state index contributed by atoms with van der Waals surface area (Å²) in [6, 6.07) is 19.7. The summed E-state index contributed by atoms with van der Waals surface area (Å²) in [5.74, 6) is 0.801. The lowest BCUT2D eigenvalue weighted by Crippen LogP contribution is -1.96. The van der Waals surface area contributed by atoms with Crippen LogP contribution >= 0.6 is 0 Å². The van der Waals surface area contributed by atoms with Gasteiger partial charge in [0.1, 0.15) is 12.4 Å². The van der Waals surface area contributed by atoms with E-state index in [1.165, 1.54) is 0 Å². The van der Waals surface area contributed by atoms with Crippen molar-refractivity contribution in [1.82, 2.24) is 4.98 Å². The largest absolute Gasteiger partial charge is 0.489 e. The lowest BCUT2D eigenvalue weighted by atomic mass is 10.0. The van der Waals surface area contributed by atoms with Crippen molar-refractivity contribution in [2.24, 2.45) is 0 Å². The fourth-order valence-corrected chi connectivity index (χ4v) is 2.30. The van der Waals surface area contributed by atoms with Crippen molar-refractivity contribution < 1.29 is 9.53 Å². The van der Waals surface area contributed by atoms with Gasteiger partial charge in [-0.15, -0.1) is 0 Å². The molecule has 0 spiro atoms. The highest BCUT2D eigenvalue weighted by atomic mass is 16.5. The van der Waals surface area contributed by atoms with Crippen LogP contribution in [-0.2, 0) is 6.61 Å². The fourth-order valence-electron chi connectivity index (χ4n) is 2.30. The molecule has 1 aromatic heterocycles. The summed E-state index contributed by atoms with van der Waals surface area (Å²) in [5, 5.41) is 0. The van der Waals surface area contributed by atoms with Gasteiger partial charge in [-0.3, -0.25) is 9.78 Å². The maximum Gasteiger partial charge on any atom is 0.161 e. The van der Waals surface area contributed by atoms with Gasteiger partial charge in [0.2, 0.25) is 0 Å². The van der Waals surface area contributed by atoms with Gasteiger partial charge < -0.3 is 4.74 Å². The van der Waals surface area contributed by atoms with Gasteiger partial charge >= 0.3 is 0 Å². The predicted molar refractivity (Wildman–Crippen MR) is 90.5 cm³/mol. The standard InChI is InChI=1S/C20H17NO2/c1-15(22)18-10-19(13-21-12-18)17-8-5-9-20(11-17)23-14-16-6-3-2-4-7-16/h2-13H,14H2,1H3. The molecule has 0 aliphatic rings. The van der Waals surface area contributed by atoms with E-state index in [4.69, 9.17) is 4.74 Å². The molecule has 0 saturated heterocycles. The summed E-state index contributed by atoms with van der Waals surface area (Å²) in [4.78, 5) is 15.6. The third-order valence-electron chi connectivity index (χ3n) is 3.56. The zero-order valence-electron chi connectivity index (χ0n) is 12.9. The molecule has 0 aliphatic heterocycles. The van der Waals surface area contributed by atoms with Gasteiger partial charge in [-0.2, -0.15) is 0 Å². The molecule has 3 nitrogen and oxygen atoms in total. The Labute approximate surface area is 135 Å². The van der Waals surface area contributed by atoms with E-state index in [9.17, 15) is 4.79 Å². The normalized spacial score (nSPS) is 10.3. The number of hydrogen-bond acceptors (Lipinski definition) is 3. The summed E-state index contributed by atoms with van der Waals surface area (Å²) in [5.41, 5.74) is 3.62. The molecule has 3 rings (SSSR count). The van der Waals surface area contributed by atoms with E-state index in [0.29, 0.717) is 12.2 Å². The average molecular weight is 303 g/mol. The molecule has 0 fully saturated rings. The van der Waals surface area contributed by atoms with Crippen LogP contribution in [0.15, 0.2) is 73.1 Å². The predicted octanol–water partition coefficient (Wildman–Crippen LogP) is 4.53. The number of aromatic nitrogens is 1. The van der Waals surface area contributed by atoms with E-state index in [-0.39, 0.29) is 5.78 Å². The van der Waals surface area contributed by atoms with Crippen molar-refractivity contribution in [2.75, 3.05) is 0 Å². The molecule has 0 saturated carbocycles. The van der Waals surface area contributed by atoms with Crippen LogP contribution in [0.1, 0.15) is 22.8 Å². The van der Waals surface area contributed by atoms with Gasteiger partial charge in [0.15, 0.2) is 5.78 Å². The van der Waals surface area contributed by atoms with Gasteiger partial charge in [-0.05, 0) is 36.2 Å². The summed E-state index contributed by atoms with van der Waals surface area (Å²) < 4.78 is 5.84. The lowest BCUT2D eigenvalue weighted by Gasteiger charge is -2.09. The Hall–Kier alpha value is -2.94. The second kappa shape index (κ2) is 6.88. The Morgan fingerprint density at radius 2 is 1.78 bits per heavy atom. The SMILES string of the molecule is CC(=O)c1cncc(-c2cccc(OCc3ccccc3)c2)c1. The Balaban J connectivity index is 1.80. The summed E-state index contributed by atoms with van der Waals surface area (Å²) in [7, 11) is 0. The van der Waals surface area contributed by atoms with Crippen LogP contribution in [0.3, 0.4) is 0 Å². The molecular formula is C20H17NO2. The Morgan fingerprint density at radius 3 is 2.57 bits per heavy atom. The minimum atomic E-state index is 0.0100. The zero-order valence-corrected chi connectivity index (χ0v) is 12.9. The molecule has 23 heavy (non-hydrogen) atoms. The van der Waals surface area contributed by atoms with Crippen LogP contribution in [-0.4, -0.2) is 10.8 Å². The topological polar surface area (TPSA) is 39.2 Å². The molecule has 0 N–H and O–H groups in total. The van der Waals surface area contributed by atoms with Crippen molar-refractivity contribution in [1.29, 1.82) is 0 Å². The van der Waals surface area contributed by atoms with Gasteiger partial charge in [0, 0.05) is 23.5 Å². The lowest BCUT2D eigenvalue weighted by molar-refractivity contribution is 0.101. The van der Waals surface area contributed by atoms with Crippen LogP contribution in [0.4, 0.5) is 0 Å². The molecule has 1 heterocycles. The maximum absolute atomic E-state index is 11.5. The Morgan fingerprint density at radius 1 is 0.957 bits per heavy atom. The highest BCUT2D eigenvalue weighted by molar-refractivity contribution is 5.94. The zero-order chi connectivity index (χ0) is 16.1. The highest BCUT2D eigenvalue weighted by Gasteiger charge is 2.05. The first-order valence-electron chi connectivity index (χ1n) is 7.45. The number of ketones is 1. The van der Waals surface area contributed by atoms with Crippen LogP contribution in [0.25, 0.3) is 11.1 Å². The molecule has 2 aromatic carbocycles. The number of hydrogen-bond donors (Lipinski definition) is 0. The van der Waals surface area contributed by atoms with Crippen LogP contribution in [0, 0.1) is 0 Å². The molecule has 3 heteroatoms. The van der Waals surface area contributed by atoms with E-state index in [1.807, 2.05) is 60.7 Å². The number of nitrogens with zero attached hydrogens (tertiary/aromatic N) is 1.